The molecule has 1 N–H and O–H groups in total. The zero-order valence-electron chi connectivity index (χ0n) is 19.3. The lowest BCUT2D eigenvalue weighted by atomic mass is 9.92. The molecule has 0 radical (unpaired) electrons. The van der Waals surface area contributed by atoms with Gasteiger partial charge in [0.25, 0.3) is 0 Å². The average Bonchev–Trinajstić information content (AvgIpc) is 3.03. The van der Waals surface area contributed by atoms with E-state index in [0.29, 0.717) is 13.1 Å². The quantitative estimate of drug-likeness (QED) is 0.776. The van der Waals surface area contributed by atoms with E-state index in [1.54, 1.807) is 0 Å². The van der Waals surface area contributed by atoms with Crippen molar-refractivity contribution in [2.75, 3.05) is 32.5 Å². The minimum absolute atomic E-state index is 0.0926. The summed E-state index contributed by atoms with van der Waals surface area (Å²) in [7, 11) is 4.03. The molecule has 2 aromatic rings. The minimum atomic E-state index is -0.236. The zero-order chi connectivity index (χ0) is 21.8. The highest BCUT2D eigenvalue weighted by atomic mass is 16.2. The van der Waals surface area contributed by atoms with Crippen molar-refractivity contribution in [1.29, 1.82) is 0 Å². The lowest BCUT2D eigenvalue weighted by Gasteiger charge is -2.27. The van der Waals surface area contributed by atoms with E-state index < -0.39 is 0 Å². The molecular formula is C23H37N5O. The highest BCUT2D eigenvalue weighted by Gasteiger charge is 2.26. The van der Waals surface area contributed by atoms with Gasteiger partial charge in [-0.2, -0.15) is 5.10 Å². The van der Waals surface area contributed by atoms with E-state index in [2.05, 4.69) is 51.8 Å². The normalized spacial score (nSPS) is 12.3. The van der Waals surface area contributed by atoms with E-state index >= 15 is 0 Å². The molecule has 0 bridgehead atoms. The monoisotopic (exact) mass is 399 g/mol. The van der Waals surface area contributed by atoms with E-state index in [9.17, 15) is 4.79 Å². The van der Waals surface area contributed by atoms with Crippen molar-refractivity contribution in [2.45, 2.75) is 59.0 Å². The summed E-state index contributed by atoms with van der Waals surface area (Å²) in [5, 5.41) is 7.92. The number of anilines is 1. The minimum Gasteiger partial charge on any atom is -0.319 e. The Labute approximate surface area is 175 Å². The second-order valence-electron chi connectivity index (χ2n) is 9.89. The van der Waals surface area contributed by atoms with Crippen LogP contribution in [-0.4, -0.2) is 52.8 Å². The number of hydrogen-bond acceptors (Lipinski definition) is 3. The van der Waals surface area contributed by atoms with Gasteiger partial charge in [-0.05, 0) is 40.4 Å². The number of likely N-dealkylation sites (N-methyl/N-ethyl adjacent to an activating group) is 1. The molecule has 1 aromatic carbocycles. The molecule has 29 heavy (non-hydrogen) atoms. The average molecular weight is 400 g/mol. The summed E-state index contributed by atoms with van der Waals surface area (Å²) in [5.41, 5.74) is 1.75. The van der Waals surface area contributed by atoms with Crippen molar-refractivity contribution in [1.82, 2.24) is 19.6 Å². The lowest BCUT2D eigenvalue weighted by Crippen LogP contribution is -2.40. The standard InChI is InChI=1S/C23H37N5O/c1-22(2,3)19-16-20(28(25-19)23(4,5)6)24-21(29)27(15-14-26(7)8)17-18-12-10-9-11-13-18/h9-13,16H,14-15,17H2,1-8H3,(H,24,29). The van der Waals surface area contributed by atoms with Gasteiger partial charge in [0.15, 0.2) is 0 Å². The highest BCUT2D eigenvalue weighted by Crippen LogP contribution is 2.28. The molecule has 6 heteroatoms. The molecule has 2 rings (SSSR count). The van der Waals surface area contributed by atoms with Gasteiger partial charge in [-0.15, -0.1) is 0 Å². The first kappa shape index (κ1) is 22.9. The molecule has 0 saturated carbocycles. The predicted octanol–water partition coefficient (Wildman–Crippen LogP) is 4.53. The molecule has 0 unspecified atom stereocenters. The number of hydrogen-bond donors (Lipinski definition) is 1. The lowest BCUT2D eigenvalue weighted by molar-refractivity contribution is 0.201. The number of aromatic nitrogens is 2. The van der Waals surface area contributed by atoms with E-state index in [-0.39, 0.29) is 17.0 Å². The molecule has 1 heterocycles. The van der Waals surface area contributed by atoms with E-state index in [1.165, 1.54) is 0 Å². The van der Waals surface area contributed by atoms with Gasteiger partial charge in [-0.3, -0.25) is 5.32 Å². The zero-order valence-corrected chi connectivity index (χ0v) is 19.3. The first-order chi connectivity index (χ1) is 13.4. The van der Waals surface area contributed by atoms with Crippen molar-refractivity contribution < 1.29 is 4.79 Å². The summed E-state index contributed by atoms with van der Waals surface area (Å²) in [6.45, 7) is 14.7. The van der Waals surface area contributed by atoms with Gasteiger partial charge in [0, 0.05) is 31.1 Å². The Balaban J connectivity index is 2.28. The maximum Gasteiger partial charge on any atom is 0.323 e. The predicted molar refractivity (Wildman–Crippen MR) is 120 cm³/mol. The van der Waals surface area contributed by atoms with Crippen LogP contribution < -0.4 is 5.32 Å². The number of nitrogens with zero attached hydrogens (tertiary/aromatic N) is 4. The number of carbonyl (C=O) groups is 1. The number of urea groups is 1. The summed E-state index contributed by atoms with van der Waals surface area (Å²) in [6, 6.07) is 12.0. The van der Waals surface area contributed by atoms with Crippen molar-refractivity contribution in [3.05, 3.63) is 47.7 Å². The highest BCUT2D eigenvalue weighted by molar-refractivity contribution is 5.88. The third-order valence-corrected chi connectivity index (χ3v) is 4.67. The number of benzene rings is 1. The van der Waals surface area contributed by atoms with E-state index in [0.717, 1.165) is 23.6 Å². The van der Waals surface area contributed by atoms with Crippen LogP contribution in [0.4, 0.5) is 10.6 Å². The number of amides is 2. The van der Waals surface area contributed by atoms with Crippen LogP contribution in [0, 0.1) is 0 Å². The van der Waals surface area contributed by atoms with Gasteiger partial charge >= 0.3 is 6.03 Å². The summed E-state index contributed by atoms with van der Waals surface area (Å²) in [4.78, 5) is 17.2. The molecule has 0 aliphatic carbocycles. The van der Waals surface area contributed by atoms with E-state index in [4.69, 9.17) is 5.10 Å². The van der Waals surface area contributed by atoms with Crippen molar-refractivity contribution in [3.63, 3.8) is 0 Å². The second kappa shape index (κ2) is 8.99. The fourth-order valence-electron chi connectivity index (χ4n) is 2.91. The summed E-state index contributed by atoms with van der Waals surface area (Å²) >= 11 is 0. The third-order valence-electron chi connectivity index (χ3n) is 4.67. The van der Waals surface area contributed by atoms with E-state index in [1.807, 2.05) is 60.1 Å². The summed E-state index contributed by atoms with van der Waals surface area (Å²) < 4.78 is 1.91. The Morgan fingerprint density at radius 2 is 1.66 bits per heavy atom. The molecular weight excluding hydrogens is 362 g/mol. The molecule has 0 fully saturated rings. The van der Waals surface area contributed by atoms with Crippen LogP contribution in [0.25, 0.3) is 0 Å². The Kier molecular flexibility index (Phi) is 7.11. The van der Waals surface area contributed by atoms with Crippen LogP contribution in [0.2, 0.25) is 0 Å². The smallest absolute Gasteiger partial charge is 0.319 e. The Morgan fingerprint density at radius 3 is 2.17 bits per heavy atom. The Bertz CT molecular complexity index is 797. The van der Waals surface area contributed by atoms with Crippen molar-refractivity contribution in [3.8, 4) is 0 Å². The van der Waals surface area contributed by atoms with Gasteiger partial charge in [0.05, 0.1) is 11.2 Å². The topological polar surface area (TPSA) is 53.4 Å². The molecule has 2 amide bonds. The molecule has 0 spiro atoms. The van der Waals surface area contributed by atoms with Gasteiger partial charge in [-0.25, -0.2) is 9.48 Å². The second-order valence-corrected chi connectivity index (χ2v) is 9.89. The number of nitrogens with one attached hydrogen (secondary N) is 1. The van der Waals surface area contributed by atoms with Gasteiger partial charge in [-0.1, -0.05) is 51.1 Å². The Morgan fingerprint density at radius 1 is 1.03 bits per heavy atom. The van der Waals surface area contributed by atoms with Gasteiger partial charge in [0.1, 0.15) is 5.82 Å². The SMILES string of the molecule is CN(C)CCN(Cc1ccccc1)C(=O)Nc1cc(C(C)(C)C)nn1C(C)(C)C. The third kappa shape index (κ3) is 6.60. The van der Waals surface area contributed by atoms with Crippen LogP contribution >= 0.6 is 0 Å². The molecule has 0 aliphatic rings. The maximum absolute atomic E-state index is 13.2. The van der Waals surface area contributed by atoms with Crippen LogP contribution in [-0.2, 0) is 17.5 Å². The number of carbonyl (C=O) groups excluding carboxylic acids is 1. The molecule has 0 aliphatic heterocycles. The number of rotatable bonds is 6. The largest absolute Gasteiger partial charge is 0.323 e. The first-order valence-electron chi connectivity index (χ1n) is 10.2. The fourth-order valence-corrected chi connectivity index (χ4v) is 2.91. The molecule has 160 valence electrons. The van der Waals surface area contributed by atoms with Crippen LogP contribution in [0.3, 0.4) is 0 Å². The molecule has 0 atom stereocenters. The fraction of sp³-hybridized carbons (Fsp3) is 0.565. The molecule has 0 saturated heterocycles. The van der Waals surface area contributed by atoms with Crippen molar-refractivity contribution >= 4 is 11.8 Å². The Hall–Kier alpha value is -2.34. The molecule has 6 nitrogen and oxygen atoms in total. The maximum atomic E-state index is 13.2. The summed E-state index contributed by atoms with van der Waals surface area (Å²) in [6.07, 6.45) is 0. The van der Waals surface area contributed by atoms with Crippen LogP contribution in [0.5, 0.6) is 0 Å². The van der Waals surface area contributed by atoms with Gasteiger partial charge in [0.2, 0.25) is 0 Å². The summed E-state index contributed by atoms with van der Waals surface area (Å²) in [5.74, 6) is 0.732. The van der Waals surface area contributed by atoms with Crippen molar-refractivity contribution in [2.24, 2.45) is 0 Å². The first-order valence-corrected chi connectivity index (χ1v) is 10.2. The van der Waals surface area contributed by atoms with Crippen LogP contribution in [0.15, 0.2) is 36.4 Å². The molecule has 1 aromatic heterocycles. The van der Waals surface area contributed by atoms with Gasteiger partial charge < -0.3 is 9.80 Å². The van der Waals surface area contributed by atoms with Crippen LogP contribution in [0.1, 0.15) is 52.8 Å².